The highest BCUT2D eigenvalue weighted by atomic mass is 79.9. The standard InChI is InChI=1S/C23H20BrNO2/c1-16-22(25-23(27-16)17-7-3-2-4-8-17)11-12-26-20-13-18-9-5-6-10-21(18)19(14-20)15-24/h2-10,13-14H,11-12,15H2,1H3. The molecule has 4 rings (SSSR count). The molecule has 136 valence electrons. The predicted octanol–water partition coefficient (Wildman–Crippen LogP) is 6.32. The highest BCUT2D eigenvalue weighted by Crippen LogP contribution is 2.27. The summed E-state index contributed by atoms with van der Waals surface area (Å²) in [6, 6.07) is 22.5. The minimum Gasteiger partial charge on any atom is -0.493 e. The van der Waals surface area contributed by atoms with Crippen LogP contribution in [-0.4, -0.2) is 11.6 Å². The number of aryl methyl sites for hydroxylation is 1. The number of ether oxygens (including phenoxy) is 1. The molecule has 3 aromatic carbocycles. The molecule has 0 fully saturated rings. The third-order valence-electron chi connectivity index (χ3n) is 4.59. The summed E-state index contributed by atoms with van der Waals surface area (Å²) < 4.78 is 11.9. The van der Waals surface area contributed by atoms with Crippen molar-refractivity contribution in [1.29, 1.82) is 0 Å². The Morgan fingerprint density at radius 3 is 2.59 bits per heavy atom. The Hall–Kier alpha value is -2.59. The summed E-state index contributed by atoms with van der Waals surface area (Å²) in [4.78, 5) is 4.64. The number of nitrogens with zero attached hydrogens (tertiary/aromatic N) is 1. The molecular formula is C23H20BrNO2. The largest absolute Gasteiger partial charge is 0.493 e. The average Bonchev–Trinajstić information content (AvgIpc) is 3.08. The van der Waals surface area contributed by atoms with Crippen molar-refractivity contribution in [2.24, 2.45) is 0 Å². The van der Waals surface area contributed by atoms with E-state index >= 15 is 0 Å². The topological polar surface area (TPSA) is 35.3 Å². The number of hydrogen-bond donors (Lipinski definition) is 0. The Morgan fingerprint density at radius 1 is 1.00 bits per heavy atom. The normalized spacial score (nSPS) is 11.0. The molecule has 0 saturated heterocycles. The first-order chi connectivity index (χ1) is 13.2. The number of oxazole rings is 1. The lowest BCUT2D eigenvalue weighted by Crippen LogP contribution is -2.03. The van der Waals surface area contributed by atoms with Gasteiger partial charge in [-0.2, -0.15) is 0 Å². The predicted molar refractivity (Wildman–Crippen MR) is 112 cm³/mol. The lowest BCUT2D eigenvalue weighted by Gasteiger charge is -2.10. The molecule has 0 spiro atoms. The number of hydrogen-bond acceptors (Lipinski definition) is 3. The molecule has 27 heavy (non-hydrogen) atoms. The third kappa shape index (κ3) is 3.91. The van der Waals surface area contributed by atoms with E-state index in [1.54, 1.807) is 0 Å². The molecule has 1 heterocycles. The first-order valence-corrected chi connectivity index (χ1v) is 10.1. The number of fused-ring (bicyclic) bond motifs is 1. The summed E-state index contributed by atoms with van der Waals surface area (Å²) in [5.74, 6) is 2.39. The van der Waals surface area contributed by atoms with Crippen molar-refractivity contribution < 1.29 is 9.15 Å². The van der Waals surface area contributed by atoms with Crippen LogP contribution in [0, 0.1) is 6.92 Å². The molecular weight excluding hydrogens is 402 g/mol. The van der Waals surface area contributed by atoms with Gasteiger partial charge in [0.1, 0.15) is 11.5 Å². The van der Waals surface area contributed by atoms with E-state index in [0.29, 0.717) is 18.9 Å². The van der Waals surface area contributed by atoms with Crippen molar-refractivity contribution >= 4 is 26.7 Å². The molecule has 0 bridgehead atoms. The summed E-state index contributed by atoms with van der Waals surface area (Å²) in [7, 11) is 0. The zero-order valence-electron chi connectivity index (χ0n) is 15.1. The van der Waals surface area contributed by atoms with Crippen LogP contribution in [0.25, 0.3) is 22.2 Å². The van der Waals surface area contributed by atoms with Crippen LogP contribution in [-0.2, 0) is 11.8 Å². The molecule has 4 heteroatoms. The van der Waals surface area contributed by atoms with Gasteiger partial charge in [0.05, 0.1) is 12.3 Å². The fraction of sp³-hybridized carbons (Fsp3) is 0.174. The second kappa shape index (κ2) is 7.97. The van der Waals surface area contributed by atoms with E-state index in [9.17, 15) is 0 Å². The van der Waals surface area contributed by atoms with Crippen LogP contribution >= 0.6 is 15.9 Å². The summed E-state index contributed by atoms with van der Waals surface area (Å²) in [6.07, 6.45) is 0.707. The van der Waals surface area contributed by atoms with Gasteiger partial charge in [0, 0.05) is 17.3 Å². The molecule has 0 atom stereocenters. The van der Waals surface area contributed by atoms with Crippen molar-refractivity contribution in [1.82, 2.24) is 4.98 Å². The van der Waals surface area contributed by atoms with E-state index in [4.69, 9.17) is 9.15 Å². The second-order valence-corrected chi connectivity index (χ2v) is 6.98. The van der Waals surface area contributed by atoms with Gasteiger partial charge in [0.2, 0.25) is 5.89 Å². The highest BCUT2D eigenvalue weighted by Gasteiger charge is 2.11. The first kappa shape index (κ1) is 17.8. The minimum atomic E-state index is 0.557. The maximum atomic E-state index is 6.03. The van der Waals surface area contributed by atoms with Crippen LogP contribution in [0.5, 0.6) is 5.75 Å². The van der Waals surface area contributed by atoms with E-state index in [1.165, 1.54) is 16.3 Å². The van der Waals surface area contributed by atoms with Crippen molar-refractivity contribution in [3.8, 4) is 17.2 Å². The van der Waals surface area contributed by atoms with Gasteiger partial charge in [-0.3, -0.25) is 0 Å². The van der Waals surface area contributed by atoms with E-state index in [-0.39, 0.29) is 0 Å². The van der Waals surface area contributed by atoms with Crippen LogP contribution in [0.2, 0.25) is 0 Å². The Kier molecular flexibility index (Phi) is 5.26. The Morgan fingerprint density at radius 2 is 1.78 bits per heavy atom. The number of rotatable bonds is 6. The molecule has 0 unspecified atom stereocenters. The molecule has 0 radical (unpaired) electrons. The molecule has 1 aromatic heterocycles. The molecule has 0 saturated carbocycles. The first-order valence-electron chi connectivity index (χ1n) is 8.97. The molecule has 3 nitrogen and oxygen atoms in total. The summed E-state index contributed by atoms with van der Waals surface area (Å²) in [5.41, 5.74) is 3.16. The third-order valence-corrected chi connectivity index (χ3v) is 5.19. The van der Waals surface area contributed by atoms with Gasteiger partial charge >= 0.3 is 0 Å². The van der Waals surface area contributed by atoms with Gasteiger partial charge in [-0.1, -0.05) is 58.4 Å². The Labute approximate surface area is 167 Å². The fourth-order valence-corrected chi connectivity index (χ4v) is 3.65. The second-order valence-electron chi connectivity index (χ2n) is 6.42. The van der Waals surface area contributed by atoms with E-state index in [2.05, 4.69) is 51.2 Å². The maximum absolute atomic E-state index is 6.03. The molecule has 0 aliphatic rings. The summed E-state index contributed by atoms with van der Waals surface area (Å²) in [5, 5.41) is 3.24. The van der Waals surface area contributed by atoms with Gasteiger partial charge in [-0.15, -0.1) is 0 Å². The number of aromatic nitrogens is 1. The monoisotopic (exact) mass is 421 g/mol. The molecule has 0 aliphatic carbocycles. The molecule has 0 amide bonds. The van der Waals surface area contributed by atoms with Crippen molar-refractivity contribution in [3.05, 3.63) is 83.7 Å². The Bertz CT molecular complexity index is 1060. The van der Waals surface area contributed by atoms with Gasteiger partial charge in [-0.25, -0.2) is 4.98 Å². The van der Waals surface area contributed by atoms with Crippen LogP contribution < -0.4 is 4.74 Å². The van der Waals surface area contributed by atoms with Crippen LogP contribution in [0.1, 0.15) is 17.0 Å². The van der Waals surface area contributed by atoms with Crippen LogP contribution in [0.3, 0.4) is 0 Å². The van der Waals surface area contributed by atoms with Crippen molar-refractivity contribution in [2.45, 2.75) is 18.7 Å². The minimum absolute atomic E-state index is 0.557. The smallest absolute Gasteiger partial charge is 0.226 e. The quantitative estimate of drug-likeness (QED) is 0.341. The average molecular weight is 422 g/mol. The molecule has 4 aromatic rings. The van der Waals surface area contributed by atoms with E-state index < -0.39 is 0 Å². The SMILES string of the molecule is Cc1oc(-c2ccccc2)nc1CCOc1cc(CBr)c2ccccc2c1. The Balaban J connectivity index is 1.47. The number of halogens is 1. The lowest BCUT2D eigenvalue weighted by atomic mass is 10.1. The van der Waals surface area contributed by atoms with Crippen molar-refractivity contribution in [2.75, 3.05) is 6.61 Å². The van der Waals surface area contributed by atoms with E-state index in [0.717, 1.165) is 28.1 Å². The zero-order valence-corrected chi connectivity index (χ0v) is 16.7. The van der Waals surface area contributed by atoms with Gasteiger partial charge in [-0.05, 0) is 47.5 Å². The summed E-state index contributed by atoms with van der Waals surface area (Å²) >= 11 is 3.57. The number of alkyl halides is 1. The van der Waals surface area contributed by atoms with Crippen molar-refractivity contribution in [3.63, 3.8) is 0 Å². The molecule has 0 aliphatic heterocycles. The highest BCUT2D eigenvalue weighted by molar-refractivity contribution is 9.08. The van der Waals surface area contributed by atoms with Crippen LogP contribution in [0.15, 0.2) is 71.1 Å². The number of benzene rings is 3. The van der Waals surface area contributed by atoms with Gasteiger partial charge in [0.25, 0.3) is 0 Å². The fourth-order valence-electron chi connectivity index (χ4n) is 3.18. The van der Waals surface area contributed by atoms with E-state index in [1.807, 2.05) is 43.3 Å². The maximum Gasteiger partial charge on any atom is 0.226 e. The van der Waals surface area contributed by atoms with Gasteiger partial charge in [0.15, 0.2) is 0 Å². The summed E-state index contributed by atoms with van der Waals surface area (Å²) in [6.45, 7) is 2.51. The van der Waals surface area contributed by atoms with Gasteiger partial charge < -0.3 is 9.15 Å². The zero-order chi connectivity index (χ0) is 18.6. The molecule has 0 N–H and O–H groups in total. The van der Waals surface area contributed by atoms with Crippen LogP contribution in [0.4, 0.5) is 0 Å². The lowest BCUT2D eigenvalue weighted by molar-refractivity contribution is 0.320.